The molecule has 3 rings (SSSR count). The molecule has 9 heteroatoms. The van der Waals surface area contributed by atoms with Gasteiger partial charge in [0, 0.05) is 30.6 Å². The van der Waals surface area contributed by atoms with Crippen LogP contribution in [0.3, 0.4) is 0 Å². The van der Waals surface area contributed by atoms with Crippen LogP contribution in [0.25, 0.3) is 0 Å². The zero-order valence-electron chi connectivity index (χ0n) is 13.9. The summed E-state index contributed by atoms with van der Waals surface area (Å²) >= 11 is 7.51. The van der Waals surface area contributed by atoms with Crippen molar-refractivity contribution in [2.24, 2.45) is 0 Å². The minimum absolute atomic E-state index is 0.0547. The number of halogens is 1. The maximum absolute atomic E-state index is 12.5. The monoisotopic (exact) mass is 399 g/mol. The highest BCUT2D eigenvalue weighted by molar-refractivity contribution is 7.90. The molecule has 0 radical (unpaired) electrons. The van der Waals surface area contributed by atoms with E-state index < -0.39 is 15.7 Å². The van der Waals surface area contributed by atoms with Crippen molar-refractivity contribution in [2.75, 3.05) is 24.7 Å². The average Bonchev–Trinajstić information content (AvgIpc) is 2.95. The Morgan fingerprint density at radius 1 is 1.44 bits per heavy atom. The second-order valence-corrected chi connectivity index (χ2v) is 9.38. The van der Waals surface area contributed by atoms with Gasteiger partial charge in [-0.1, -0.05) is 18.5 Å². The summed E-state index contributed by atoms with van der Waals surface area (Å²) in [5.41, 5.74) is 1.13. The van der Waals surface area contributed by atoms with E-state index in [1.165, 1.54) is 29.5 Å². The highest BCUT2D eigenvalue weighted by Gasteiger charge is 2.21. The molecular weight excluding hydrogens is 382 g/mol. The number of rotatable bonds is 4. The highest BCUT2D eigenvalue weighted by Crippen LogP contribution is 2.29. The number of fused-ring (bicyclic) bond motifs is 1. The zero-order chi connectivity index (χ0) is 18.2. The van der Waals surface area contributed by atoms with Gasteiger partial charge in [0.15, 0.2) is 15.0 Å². The molecule has 2 aromatic rings. The molecule has 0 spiro atoms. The number of nitrogens with zero attached hydrogens (tertiary/aromatic N) is 2. The smallest absolute Gasteiger partial charge is 0.259 e. The van der Waals surface area contributed by atoms with E-state index >= 15 is 0 Å². The second-order valence-electron chi connectivity index (χ2n) is 5.88. The molecule has 1 amide bonds. The number of anilines is 1. The van der Waals surface area contributed by atoms with Crippen molar-refractivity contribution < 1.29 is 13.2 Å². The Kier molecular flexibility index (Phi) is 5.15. The minimum atomic E-state index is -3.42. The van der Waals surface area contributed by atoms with Gasteiger partial charge in [-0.25, -0.2) is 13.4 Å². The Morgan fingerprint density at radius 2 is 2.20 bits per heavy atom. The summed E-state index contributed by atoms with van der Waals surface area (Å²) < 4.78 is 23.4. The predicted molar refractivity (Wildman–Crippen MR) is 99.3 cm³/mol. The number of benzene rings is 1. The molecular formula is C16H18ClN3O3S2. The number of hydrogen-bond donors (Lipinski definition) is 1. The first-order valence-corrected chi connectivity index (χ1v) is 10.9. The van der Waals surface area contributed by atoms with E-state index in [9.17, 15) is 13.2 Å². The van der Waals surface area contributed by atoms with Crippen LogP contribution in [0, 0.1) is 0 Å². The van der Waals surface area contributed by atoms with Crippen molar-refractivity contribution in [3.8, 4) is 0 Å². The molecule has 1 N–H and O–H groups in total. The summed E-state index contributed by atoms with van der Waals surface area (Å²) in [5.74, 6) is -0.464. The molecule has 0 saturated heterocycles. The van der Waals surface area contributed by atoms with E-state index in [0.717, 1.165) is 42.9 Å². The lowest BCUT2D eigenvalue weighted by Gasteiger charge is -2.23. The quantitative estimate of drug-likeness (QED) is 0.855. The van der Waals surface area contributed by atoms with Crippen LogP contribution < -0.4 is 5.32 Å². The van der Waals surface area contributed by atoms with Gasteiger partial charge < -0.3 is 0 Å². The SMILES string of the molecule is CCN1CCc2nc(NC(=O)c3cc(S(C)(=O)=O)ccc3Cl)sc2C1. The highest BCUT2D eigenvalue weighted by atomic mass is 35.5. The van der Waals surface area contributed by atoms with Gasteiger partial charge in [0.25, 0.3) is 5.91 Å². The van der Waals surface area contributed by atoms with Gasteiger partial charge in [0.05, 0.1) is 21.2 Å². The first kappa shape index (κ1) is 18.3. The molecule has 0 unspecified atom stereocenters. The molecule has 0 bridgehead atoms. The van der Waals surface area contributed by atoms with E-state index in [2.05, 4.69) is 22.1 Å². The molecule has 6 nitrogen and oxygen atoms in total. The lowest BCUT2D eigenvalue weighted by Crippen LogP contribution is -2.29. The van der Waals surface area contributed by atoms with Gasteiger partial charge in [0.1, 0.15) is 0 Å². The summed E-state index contributed by atoms with van der Waals surface area (Å²) in [7, 11) is -3.42. The number of nitrogens with one attached hydrogen (secondary N) is 1. The Bertz CT molecular complexity index is 925. The average molecular weight is 400 g/mol. The van der Waals surface area contributed by atoms with Gasteiger partial charge in [-0.3, -0.25) is 15.0 Å². The first-order valence-electron chi connectivity index (χ1n) is 7.80. The molecule has 25 heavy (non-hydrogen) atoms. The van der Waals surface area contributed by atoms with Crippen LogP contribution in [0.1, 0.15) is 27.9 Å². The summed E-state index contributed by atoms with van der Waals surface area (Å²) in [6, 6.07) is 4.09. The van der Waals surface area contributed by atoms with E-state index in [0.29, 0.717) is 5.13 Å². The fourth-order valence-electron chi connectivity index (χ4n) is 2.65. The number of carbonyl (C=O) groups is 1. The second kappa shape index (κ2) is 7.03. The van der Waals surface area contributed by atoms with E-state index in [-0.39, 0.29) is 15.5 Å². The van der Waals surface area contributed by atoms with Crippen LogP contribution >= 0.6 is 22.9 Å². The van der Waals surface area contributed by atoms with Crippen LogP contribution in [0.15, 0.2) is 23.1 Å². The predicted octanol–water partition coefficient (Wildman–Crippen LogP) is 2.83. The van der Waals surface area contributed by atoms with E-state index in [1.807, 2.05) is 0 Å². The Labute approximate surface area is 155 Å². The van der Waals surface area contributed by atoms with Gasteiger partial charge >= 0.3 is 0 Å². The summed E-state index contributed by atoms with van der Waals surface area (Å²) in [5, 5.41) is 3.44. The molecule has 0 atom stereocenters. The molecule has 1 aromatic carbocycles. The third kappa shape index (κ3) is 4.03. The number of sulfone groups is 1. The number of thiazole rings is 1. The number of aromatic nitrogens is 1. The fourth-order valence-corrected chi connectivity index (χ4v) is 4.54. The molecule has 1 aliphatic heterocycles. The van der Waals surface area contributed by atoms with Crippen LogP contribution in [0.4, 0.5) is 5.13 Å². The normalized spacial score (nSPS) is 15.0. The van der Waals surface area contributed by atoms with E-state index in [1.54, 1.807) is 0 Å². The number of hydrogen-bond acceptors (Lipinski definition) is 6. The third-order valence-electron chi connectivity index (χ3n) is 4.09. The van der Waals surface area contributed by atoms with Crippen molar-refractivity contribution in [3.05, 3.63) is 39.4 Å². The standard InChI is InChI=1S/C16H18ClN3O3S2/c1-3-20-7-6-13-14(9-20)24-16(18-13)19-15(21)11-8-10(25(2,22)23)4-5-12(11)17/h4-5,8H,3,6-7,9H2,1-2H3,(H,18,19,21). The van der Waals surface area contributed by atoms with Crippen molar-refractivity contribution in [3.63, 3.8) is 0 Å². The van der Waals surface area contributed by atoms with Crippen LogP contribution in [0.5, 0.6) is 0 Å². The van der Waals surface area contributed by atoms with E-state index in [4.69, 9.17) is 11.6 Å². The first-order chi connectivity index (χ1) is 11.8. The van der Waals surface area contributed by atoms with Crippen molar-refractivity contribution in [1.82, 2.24) is 9.88 Å². The van der Waals surface area contributed by atoms with Crippen LogP contribution in [-0.2, 0) is 22.8 Å². The lowest BCUT2D eigenvalue weighted by atomic mass is 10.2. The maximum Gasteiger partial charge on any atom is 0.259 e. The van der Waals surface area contributed by atoms with Crippen LogP contribution in [0.2, 0.25) is 5.02 Å². The molecule has 0 saturated carbocycles. The summed E-state index contributed by atoms with van der Waals surface area (Å²) in [6.45, 7) is 4.89. The van der Waals surface area contributed by atoms with Gasteiger partial charge in [0.2, 0.25) is 0 Å². The number of amides is 1. The Hall–Kier alpha value is -1.48. The Balaban J connectivity index is 1.83. The molecule has 134 valence electrons. The molecule has 0 aliphatic carbocycles. The van der Waals surface area contributed by atoms with Crippen molar-refractivity contribution in [2.45, 2.75) is 24.8 Å². The largest absolute Gasteiger partial charge is 0.298 e. The van der Waals surface area contributed by atoms with Gasteiger partial charge in [-0.15, -0.1) is 11.3 Å². The van der Waals surface area contributed by atoms with Gasteiger partial charge in [-0.2, -0.15) is 0 Å². The zero-order valence-corrected chi connectivity index (χ0v) is 16.3. The lowest BCUT2D eigenvalue weighted by molar-refractivity contribution is 0.102. The molecule has 1 aliphatic rings. The minimum Gasteiger partial charge on any atom is -0.298 e. The Morgan fingerprint density at radius 3 is 2.88 bits per heavy atom. The topological polar surface area (TPSA) is 79.4 Å². The number of carbonyl (C=O) groups excluding carboxylic acids is 1. The molecule has 1 aromatic heterocycles. The van der Waals surface area contributed by atoms with Gasteiger partial charge in [-0.05, 0) is 24.7 Å². The summed E-state index contributed by atoms with van der Waals surface area (Å²) in [4.78, 5) is 20.5. The van der Waals surface area contributed by atoms with Crippen molar-refractivity contribution >= 4 is 43.8 Å². The molecule has 2 heterocycles. The maximum atomic E-state index is 12.5. The number of likely N-dealkylation sites (N-methyl/N-ethyl adjacent to an activating group) is 1. The van der Waals surface area contributed by atoms with Crippen LogP contribution in [-0.4, -0.2) is 43.6 Å². The third-order valence-corrected chi connectivity index (χ3v) is 6.53. The van der Waals surface area contributed by atoms with Crippen molar-refractivity contribution in [1.29, 1.82) is 0 Å². The fraction of sp³-hybridized carbons (Fsp3) is 0.375. The summed E-state index contributed by atoms with van der Waals surface area (Å²) in [6.07, 6.45) is 1.95. The molecule has 0 fully saturated rings.